The molecule has 0 spiro atoms. The van der Waals surface area contributed by atoms with Gasteiger partial charge in [-0.25, -0.2) is 0 Å². The van der Waals surface area contributed by atoms with Crippen molar-refractivity contribution in [2.24, 2.45) is 0 Å². The third-order valence-corrected chi connectivity index (χ3v) is 4.71. The normalized spacial score (nSPS) is 10.5. The van der Waals surface area contributed by atoms with Crippen molar-refractivity contribution in [3.8, 4) is 10.6 Å². The zero-order chi connectivity index (χ0) is 15.2. The highest BCUT2D eigenvalue weighted by molar-refractivity contribution is 8.00. The Kier molecular flexibility index (Phi) is 4.87. The lowest BCUT2D eigenvalue weighted by molar-refractivity contribution is -0.118. The number of thiophene rings is 1. The average Bonchev–Trinajstić information content (AvgIpc) is 3.22. The van der Waals surface area contributed by atoms with Crippen LogP contribution in [0.15, 0.2) is 57.5 Å². The summed E-state index contributed by atoms with van der Waals surface area (Å²) in [5.74, 6) is 1.05. The van der Waals surface area contributed by atoms with Crippen molar-refractivity contribution < 1.29 is 9.32 Å². The lowest BCUT2D eigenvalue weighted by Gasteiger charge is -2.02. The molecule has 0 saturated heterocycles. The van der Waals surface area contributed by atoms with E-state index in [-0.39, 0.29) is 5.91 Å². The number of nitrogens with one attached hydrogen (secondary N) is 1. The summed E-state index contributed by atoms with van der Waals surface area (Å²) in [5, 5.41) is 8.78. The van der Waals surface area contributed by atoms with Crippen LogP contribution in [0.25, 0.3) is 10.6 Å². The van der Waals surface area contributed by atoms with Gasteiger partial charge in [0.15, 0.2) is 5.76 Å². The second-order valence-electron chi connectivity index (χ2n) is 4.41. The van der Waals surface area contributed by atoms with E-state index in [9.17, 15) is 4.79 Å². The van der Waals surface area contributed by atoms with E-state index in [2.05, 4.69) is 15.5 Å². The van der Waals surface area contributed by atoms with Crippen LogP contribution in [-0.2, 0) is 11.3 Å². The van der Waals surface area contributed by atoms with Gasteiger partial charge in [0.1, 0.15) is 5.69 Å². The van der Waals surface area contributed by atoms with Crippen molar-refractivity contribution >= 4 is 29.0 Å². The van der Waals surface area contributed by atoms with Crippen LogP contribution < -0.4 is 5.32 Å². The van der Waals surface area contributed by atoms with Gasteiger partial charge in [-0.15, -0.1) is 23.1 Å². The molecule has 1 amide bonds. The predicted octanol–water partition coefficient (Wildman–Crippen LogP) is 3.21. The topological polar surface area (TPSA) is 68.0 Å². The van der Waals surface area contributed by atoms with E-state index in [1.807, 2.05) is 35.7 Å². The summed E-state index contributed by atoms with van der Waals surface area (Å²) in [4.78, 5) is 17.8. The number of carbonyl (C=O) groups is 1. The maximum absolute atomic E-state index is 11.8. The van der Waals surface area contributed by atoms with E-state index in [4.69, 9.17) is 4.52 Å². The Balaban J connectivity index is 1.47. The minimum atomic E-state index is -0.0394. The Hall–Kier alpha value is -2.12. The highest BCUT2D eigenvalue weighted by atomic mass is 32.2. The van der Waals surface area contributed by atoms with E-state index >= 15 is 0 Å². The number of nitrogens with zero attached hydrogens (tertiary/aromatic N) is 2. The minimum absolute atomic E-state index is 0.0394. The lowest BCUT2D eigenvalue weighted by atomic mass is 10.3. The molecule has 0 atom stereocenters. The van der Waals surface area contributed by atoms with Gasteiger partial charge in [-0.3, -0.25) is 9.78 Å². The first kappa shape index (κ1) is 14.8. The van der Waals surface area contributed by atoms with Gasteiger partial charge in [-0.05, 0) is 23.6 Å². The molecule has 0 saturated carbocycles. The van der Waals surface area contributed by atoms with Crippen molar-refractivity contribution in [1.82, 2.24) is 15.5 Å². The number of thioether (sulfide) groups is 1. The highest BCUT2D eigenvalue weighted by Crippen LogP contribution is 2.25. The van der Waals surface area contributed by atoms with Gasteiger partial charge in [0, 0.05) is 23.4 Å². The maximum atomic E-state index is 11.8. The Labute approximate surface area is 135 Å². The number of carbonyl (C=O) groups excluding carboxylic acids is 1. The smallest absolute Gasteiger partial charge is 0.230 e. The summed E-state index contributed by atoms with van der Waals surface area (Å²) < 4.78 is 5.27. The van der Waals surface area contributed by atoms with Crippen LogP contribution in [-0.4, -0.2) is 21.8 Å². The number of hydrogen-bond acceptors (Lipinski definition) is 6. The molecule has 22 heavy (non-hydrogen) atoms. The third-order valence-electron chi connectivity index (χ3n) is 2.81. The first-order valence-electron chi connectivity index (χ1n) is 6.60. The van der Waals surface area contributed by atoms with Crippen molar-refractivity contribution in [2.75, 3.05) is 5.75 Å². The first-order valence-corrected chi connectivity index (χ1v) is 8.47. The van der Waals surface area contributed by atoms with Gasteiger partial charge in [0.2, 0.25) is 5.91 Å². The second kappa shape index (κ2) is 7.24. The fraction of sp³-hybridized carbons (Fsp3) is 0.133. The summed E-state index contributed by atoms with van der Waals surface area (Å²) in [5.41, 5.74) is 0.714. The second-order valence-corrected chi connectivity index (χ2v) is 6.40. The molecule has 7 heteroatoms. The highest BCUT2D eigenvalue weighted by Gasteiger charge is 2.09. The SMILES string of the molecule is O=C(CSc1ccncc1)NCc1cc(-c2cccs2)on1. The standard InChI is InChI=1S/C15H13N3O2S2/c19-15(10-22-12-3-5-16-6-4-12)17-9-11-8-13(20-18-11)14-2-1-7-21-14/h1-8H,9-10H2,(H,17,19). The van der Waals surface area contributed by atoms with Crippen LogP contribution in [0.3, 0.4) is 0 Å². The Morgan fingerprint density at radius 3 is 2.95 bits per heavy atom. The fourth-order valence-corrected chi connectivity index (χ4v) is 3.14. The minimum Gasteiger partial charge on any atom is -0.355 e. The Bertz CT molecular complexity index is 726. The number of amides is 1. The molecule has 1 N–H and O–H groups in total. The van der Waals surface area contributed by atoms with E-state index in [1.54, 1.807) is 23.7 Å². The number of aromatic nitrogens is 2. The molecule has 0 bridgehead atoms. The molecule has 3 aromatic rings. The molecular weight excluding hydrogens is 318 g/mol. The molecule has 0 aliphatic carbocycles. The zero-order valence-corrected chi connectivity index (χ0v) is 13.2. The zero-order valence-electron chi connectivity index (χ0n) is 11.6. The van der Waals surface area contributed by atoms with Gasteiger partial charge < -0.3 is 9.84 Å². The van der Waals surface area contributed by atoms with E-state index < -0.39 is 0 Å². The molecule has 0 aliphatic heterocycles. The van der Waals surface area contributed by atoms with Gasteiger partial charge in [-0.1, -0.05) is 11.2 Å². The first-order chi connectivity index (χ1) is 10.8. The fourth-order valence-electron chi connectivity index (χ4n) is 1.75. The molecule has 0 fully saturated rings. The lowest BCUT2D eigenvalue weighted by Crippen LogP contribution is -2.24. The molecule has 3 aromatic heterocycles. The molecule has 3 heterocycles. The van der Waals surface area contributed by atoms with Crippen LogP contribution in [0.5, 0.6) is 0 Å². The third kappa shape index (κ3) is 3.96. The Morgan fingerprint density at radius 2 is 2.18 bits per heavy atom. The predicted molar refractivity (Wildman–Crippen MR) is 86.6 cm³/mol. The molecule has 112 valence electrons. The van der Waals surface area contributed by atoms with Gasteiger partial charge in [-0.2, -0.15) is 0 Å². The summed E-state index contributed by atoms with van der Waals surface area (Å²) in [6.07, 6.45) is 3.42. The van der Waals surface area contributed by atoms with Crippen LogP contribution >= 0.6 is 23.1 Å². The average molecular weight is 331 g/mol. The number of pyridine rings is 1. The van der Waals surface area contributed by atoms with Crippen LogP contribution in [0.4, 0.5) is 0 Å². The van der Waals surface area contributed by atoms with Crippen LogP contribution in [0.2, 0.25) is 0 Å². The summed E-state index contributed by atoms with van der Waals surface area (Å²) in [7, 11) is 0. The van der Waals surface area contributed by atoms with Crippen molar-refractivity contribution in [3.63, 3.8) is 0 Å². The maximum Gasteiger partial charge on any atom is 0.230 e. The molecule has 0 unspecified atom stereocenters. The van der Waals surface area contributed by atoms with Gasteiger partial charge >= 0.3 is 0 Å². The van der Waals surface area contributed by atoms with Crippen LogP contribution in [0, 0.1) is 0 Å². The summed E-state index contributed by atoms with van der Waals surface area (Å²) >= 11 is 3.06. The Morgan fingerprint density at radius 1 is 1.32 bits per heavy atom. The van der Waals surface area contributed by atoms with Crippen LogP contribution in [0.1, 0.15) is 5.69 Å². The van der Waals surface area contributed by atoms with E-state index in [0.717, 1.165) is 15.5 Å². The number of rotatable bonds is 6. The molecule has 0 aliphatic rings. The van der Waals surface area contributed by atoms with Crippen molar-refractivity contribution in [2.45, 2.75) is 11.4 Å². The summed E-state index contributed by atoms with van der Waals surface area (Å²) in [6, 6.07) is 9.53. The van der Waals surface area contributed by atoms with Gasteiger partial charge in [0.25, 0.3) is 0 Å². The molecule has 5 nitrogen and oxygen atoms in total. The van der Waals surface area contributed by atoms with Gasteiger partial charge in [0.05, 0.1) is 17.2 Å². The largest absolute Gasteiger partial charge is 0.355 e. The molecule has 0 aromatic carbocycles. The van der Waals surface area contributed by atoms with E-state index in [1.165, 1.54) is 11.8 Å². The van der Waals surface area contributed by atoms with Crippen molar-refractivity contribution in [3.05, 3.63) is 53.8 Å². The van der Waals surface area contributed by atoms with Crippen molar-refractivity contribution in [1.29, 1.82) is 0 Å². The number of hydrogen-bond donors (Lipinski definition) is 1. The molecule has 0 radical (unpaired) electrons. The summed E-state index contributed by atoms with van der Waals surface area (Å²) in [6.45, 7) is 0.366. The monoisotopic (exact) mass is 331 g/mol. The van der Waals surface area contributed by atoms with E-state index in [0.29, 0.717) is 18.0 Å². The molecular formula is C15H13N3O2S2. The molecule has 3 rings (SSSR count). The quantitative estimate of drug-likeness (QED) is 0.703.